The quantitative estimate of drug-likeness (QED) is 0.382. The van der Waals surface area contributed by atoms with Crippen LogP contribution in [0.4, 0.5) is 0 Å². The lowest BCUT2D eigenvalue weighted by atomic mass is 10.5. The van der Waals surface area contributed by atoms with Crippen LogP contribution in [-0.4, -0.2) is 10.4 Å². The summed E-state index contributed by atoms with van der Waals surface area (Å²) >= 11 is 6.88. The molecule has 1 aromatic rings. The first-order valence-electron chi connectivity index (χ1n) is 2.26. The third-order valence-corrected chi connectivity index (χ3v) is 2.08. The maximum absolute atomic E-state index is 8.17. The molecule has 9 heavy (non-hydrogen) atoms. The second-order valence-electron chi connectivity index (χ2n) is 1.37. The maximum Gasteiger partial charge on any atom is 0.185 e. The third-order valence-electron chi connectivity index (χ3n) is 0.812. The van der Waals surface area contributed by atoms with E-state index < -0.39 is 0 Å². The Kier molecular flexibility index (Phi) is 2.08. The molecule has 0 aliphatic carbocycles. The second-order valence-corrected chi connectivity index (χ2v) is 2.67. The molecule has 2 nitrogen and oxygen atoms in total. The molecular formula is C5H4ClNOS. The van der Waals surface area contributed by atoms with Crippen molar-refractivity contribution in [3.63, 3.8) is 0 Å². The minimum atomic E-state index is 0.144. The first-order valence-corrected chi connectivity index (χ1v) is 3.52. The Morgan fingerprint density at radius 3 is 3.00 bits per heavy atom. The van der Waals surface area contributed by atoms with Gasteiger partial charge in [-0.2, -0.15) is 0 Å². The highest BCUT2D eigenvalue weighted by Crippen LogP contribution is 2.11. The number of nitrogens with zero attached hydrogens (tertiary/aromatic N) is 1. The summed E-state index contributed by atoms with van der Waals surface area (Å²) in [6.45, 7) is 0. The van der Waals surface area contributed by atoms with Crippen LogP contribution in [0.1, 0.15) is 4.88 Å². The molecule has 0 radical (unpaired) electrons. The summed E-state index contributed by atoms with van der Waals surface area (Å²) in [7, 11) is 0. The number of oxime groups is 1. The van der Waals surface area contributed by atoms with E-state index in [2.05, 4.69) is 5.16 Å². The average Bonchev–Trinajstić information content (AvgIpc) is 2.37. The van der Waals surface area contributed by atoms with Gasteiger partial charge in [-0.25, -0.2) is 0 Å². The van der Waals surface area contributed by atoms with Crippen molar-refractivity contribution in [3.05, 3.63) is 22.4 Å². The zero-order valence-corrected chi connectivity index (χ0v) is 5.99. The van der Waals surface area contributed by atoms with Crippen molar-refractivity contribution >= 4 is 28.1 Å². The van der Waals surface area contributed by atoms with Gasteiger partial charge >= 0.3 is 0 Å². The summed E-state index contributed by atoms with van der Waals surface area (Å²) in [5.41, 5.74) is 0. The summed E-state index contributed by atoms with van der Waals surface area (Å²) in [6.07, 6.45) is 0. The lowest BCUT2D eigenvalue weighted by Gasteiger charge is -1.84. The predicted octanol–water partition coefficient (Wildman–Crippen LogP) is 2.12. The molecular weight excluding hydrogens is 158 g/mol. The van der Waals surface area contributed by atoms with Crippen LogP contribution in [0, 0.1) is 0 Å². The van der Waals surface area contributed by atoms with Gasteiger partial charge in [0.1, 0.15) is 0 Å². The van der Waals surface area contributed by atoms with Crippen LogP contribution in [0.25, 0.3) is 0 Å². The molecule has 0 aliphatic heterocycles. The first kappa shape index (κ1) is 6.58. The minimum Gasteiger partial charge on any atom is -0.410 e. The van der Waals surface area contributed by atoms with E-state index in [0.29, 0.717) is 0 Å². The smallest absolute Gasteiger partial charge is 0.185 e. The Morgan fingerprint density at radius 1 is 1.78 bits per heavy atom. The fourth-order valence-corrected chi connectivity index (χ4v) is 1.24. The molecule has 48 valence electrons. The van der Waals surface area contributed by atoms with E-state index in [1.165, 1.54) is 11.3 Å². The highest BCUT2D eigenvalue weighted by Gasteiger charge is 1.98. The minimum absolute atomic E-state index is 0.144. The lowest BCUT2D eigenvalue weighted by Crippen LogP contribution is -1.83. The monoisotopic (exact) mass is 161 g/mol. The van der Waals surface area contributed by atoms with Crippen molar-refractivity contribution in [2.75, 3.05) is 0 Å². The zero-order valence-electron chi connectivity index (χ0n) is 4.41. The van der Waals surface area contributed by atoms with Gasteiger partial charge in [0.15, 0.2) is 5.17 Å². The summed E-state index contributed by atoms with van der Waals surface area (Å²) in [6, 6.07) is 3.63. The van der Waals surface area contributed by atoms with Crippen LogP contribution in [0.2, 0.25) is 0 Å². The van der Waals surface area contributed by atoms with Gasteiger partial charge in [0.2, 0.25) is 0 Å². The molecule has 0 atom stereocenters. The Morgan fingerprint density at radius 2 is 2.56 bits per heavy atom. The van der Waals surface area contributed by atoms with Crippen molar-refractivity contribution in [1.82, 2.24) is 0 Å². The molecule has 0 amide bonds. The highest BCUT2D eigenvalue weighted by molar-refractivity contribution is 7.14. The van der Waals surface area contributed by atoms with E-state index in [1.807, 2.05) is 11.4 Å². The van der Waals surface area contributed by atoms with Crippen LogP contribution >= 0.6 is 22.9 Å². The van der Waals surface area contributed by atoms with E-state index in [-0.39, 0.29) is 5.17 Å². The van der Waals surface area contributed by atoms with Crippen molar-refractivity contribution in [3.8, 4) is 0 Å². The summed E-state index contributed by atoms with van der Waals surface area (Å²) in [5, 5.41) is 13.0. The summed E-state index contributed by atoms with van der Waals surface area (Å²) in [5.74, 6) is 0. The maximum atomic E-state index is 8.17. The molecule has 1 aromatic heterocycles. The summed E-state index contributed by atoms with van der Waals surface area (Å²) < 4.78 is 0. The zero-order chi connectivity index (χ0) is 6.69. The fraction of sp³-hybridized carbons (Fsp3) is 0. The molecule has 4 heteroatoms. The number of hydrogen-bond donors (Lipinski definition) is 1. The molecule has 0 aliphatic rings. The number of hydrogen-bond acceptors (Lipinski definition) is 3. The van der Waals surface area contributed by atoms with E-state index in [9.17, 15) is 0 Å². The van der Waals surface area contributed by atoms with Gasteiger partial charge < -0.3 is 5.21 Å². The molecule has 1 heterocycles. The van der Waals surface area contributed by atoms with Crippen molar-refractivity contribution in [1.29, 1.82) is 0 Å². The van der Waals surface area contributed by atoms with Gasteiger partial charge in [-0.3, -0.25) is 0 Å². The standard InChI is InChI=1S/C5H4ClNOS/c6-5(7-8)4-2-1-3-9-4/h1-3,8H/b7-5-. The average molecular weight is 162 g/mol. The Labute approximate surface area is 61.4 Å². The van der Waals surface area contributed by atoms with Crippen LogP contribution in [0.3, 0.4) is 0 Å². The van der Waals surface area contributed by atoms with Crippen LogP contribution < -0.4 is 0 Å². The van der Waals surface area contributed by atoms with Crippen LogP contribution in [0.5, 0.6) is 0 Å². The summed E-state index contributed by atoms with van der Waals surface area (Å²) in [4.78, 5) is 0.777. The van der Waals surface area contributed by atoms with Crippen molar-refractivity contribution in [2.45, 2.75) is 0 Å². The SMILES string of the molecule is O/N=C(\Cl)c1cccs1. The van der Waals surface area contributed by atoms with Crippen LogP contribution in [0.15, 0.2) is 22.7 Å². The Bertz CT molecular complexity index is 207. The number of halogens is 1. The molecule has 0 aromatic carbocycles. The third kappa shape index (κ3) is 1.43. The van der Waals surface area contributed by atoms with Gasteiger partial charge in [-0.1, -0.05) is 22.8 Å². The van der Waals surface area contributed by atoms with E-state index in [0.717, 1.165) is 4.88 Å². The second kappa shape index (κ2) is 2.85. The predicted molar refractivity (Wildman–Crippen MR) is 38.5 cm³/mol. The molecule has 0 bridgehead atoms. The fourth-order valence-electron chi connectivity index (χ4n) is 0.445. The first-order chi connectivity index (χ1) is 4.34. The van der Waals surface area contributed by atoms with Gasteiger partial charge in [-0.15, -0.1) is 11.3 Å². The Balaban J connectivity index is 2.90. The van der Waals surface area contributed by atoms with Gasteiger partial charge in [0.05, 0.1) is 4.88 Å². The largest absolute Gasteiger partial charge is 0.410 e. The Hall–Kier alpha value is -0.540. The molecule has 0 saturated heterocycles. The number of rotatable bonds is 1. The molecule has 0 saturated carbocycles. The lowest BCUT2D eigenvalue weighted by molar-refractivity contribution is 0.321. The van der Waals surface area contributed by atoms with Crippen molar-refractivity contribution < 1.29 is 5.21 Å². The van der Waals surface area contributed by atoms with E-state index in [1.54, 1.807) is 6.07 Å². The molecule has 0 unspecified atom stereocenters. The molecule has 1 rings (SSSR count). The van der Waals surface area contributed by atoms with Crippen LogP contribution in [-0.2, 0) is 0 Å². The normalized spacial score (nSPS) is 11.9. The van der Waals surface area contributed by atoms with E-state index >= 15 is 0 Å². The van der Waals surface area contributed by atoms with E-state index in [4.69, 9.17) is 16.8 Å². The van der Waals surface area contributed by atoms with Gasteiger partial charge in [0, 0.05) is 0 Å². The molecule has 1 N–H and O–H groups in total. The molecule has 0 spiro atoms. The van der Waals surface area contributed by atoms with Gasteiger partial charge in [-0.05, 0) is 11.4 Å². The van der Waals surface area contributed by atoms with Gasteiger partial charge in [0.25, 0.3) is 0 Å². The molecule has 0 fully saturated rings. The number of thiophene rings is 1. The van der Waals surface area contributed by atoms with Crippen molar-refractivity contribution in [2.24, 2.45) is 5.16 Å². The topological polar surface area (TPSA) is 32.6 Å². The highest BCUT2D eigenvalue weighted by atomic mass is 35.5.